The van der Waals surface area contributed by atoms with Crippen LogP contribution in [0.25, 0.3) is 0 Å². The van der Waals surface area contributed by atoms with Crippen molar-refractivity contribution in [2.24, 2.45) is 0 Å². The second kappa shape index (κ2) is 6.85. The largest absolute Gasteiger partial charge is 0.325 e. The molecule has 2 aromatic rings. The Morgan fingerprint density at radius 2 is 1.91 bits per heavy atom. The van der Waals surface area contributed by atoms with Crippen molar-refractivity contribution in [3.8, 4) is 0 Å². The summed E-state index contributed by atoms with van der Waals surface area (Å²) < 4.78 is 0. The van der Waals surface area contributed by atoms with Crippen LogP contribution in [0.4, 0.5) is 5.69 Å². The van der Waals surface area contributed by atoms with Crippen LogP contribution in [0.15, 0.2) is 35.7 Å². The SMILES string of the molecule is CC(C)c1ccc(NC(=O)C(C)N2CCc3sccc3C2)cc1. The Balaban J connectivity index is 1.61. The van der Waals surface area contributed by atoms with Gasteiger partial charge in [-0.1, -0.05) is 26.0 Å². The summed E-state index contributed by atoms with van der Waals surface area (Å²) >= 11 is 1.83. The molecule has 3 nitrogen and oxygen atoms in total. The van der Waals surface area contributed by atoms with Crippen LogP contribution in [0.2, 0.25) is 0 Å². The molecule has 0 bridgehead atoms. The third kappa shape index (κ3) is 3.65. The first kappa shape index (κ1) is 16.2. The lowest BCUT2D eigenvalue weighted by molar-refractivity contribution is -0.121. The molecule has 1 amide bonds. The Morgan fingerprint density at radius 3 is 2.61 bits per heavy atom. The van der Waals surface area contributed by atoms with Crippen LogP contribution in [0.1, 0.15) is 42.7 Å². The third-order valence-electron chi connectivity index (χ3n) is 4.61. The number of fused-ring (bicyclic) bond motifs is 1. The minimum absolute atomic E-state index is 0.0703. The highest BCUT2D eigenvalue weighted by Gasteiger charge is 2.25. The van der Waals surface area contributed by atoms with Gasteiger partial charge in [0.05, 0.1) is 6.04 Å². The molecule has 3 rings (SSSR count). The van der Waals surface area contributed by atoms with Crippen LogP contribution in [0, 0.1) is 0 Å². The van der Waals surface area contributed by atoms with Gasteiger partial charge in [-0.05, 0) is 54.0 Å². The molecule has 1 unspecified atom stereocenters. The molecule has 0 spiro atoms. The van der Waals surface area contributed by atoms with Crippen molar-refractivity contribution in [2.45, 2.75) is 45.7 Å². The Labute approximate surface area is 142 Å². The molecule has 1 aromatic heterocycles. The number of rotatable bonds is 4. The van der Waals surface area contributed by atoms with Gasteiger partial charge in [0.25, 0.3) is 0 Å². The van der Waals surface area contributed by atoms with E-state index in [0.717, 1.165) is 25.2 Å². The maximum atomic E-state index is 12.5. The van der Waals surface area contributed by atoms with E-state index >= 15 is 0 Å². The van der Waals surface area contributed by atoms with E-state index in [0.29, 0.717) is 5.92 Å². The van der Waals surface area contributed by atoms with Crippen LogP contribution in [-0.2, 0) is 17.8 Å². The lowest BCUT2D eigenvalue weighted by Crippen LogP contribution is -2.44. The Kier molecular flexibility index (Phi) is 4.83. The van der Waals surface area contributed by atoms with Gasteiger partial charge in [-0.25, -0.2) is 0 Å². The van der Waals surface area contributed by atoms with Crippen molar-refractivity contribution in [3.05, 3.63) is 51.7 Å². The first-order valence-corrected chi connectivity index (χ1v) is 9.12. The summed E-state index contributed by atoms with van der Waals surface area (Å²) in [7, 11) is 0. The topological polar surface area (TPSA) is 32.3 Å². The maximum Gasteiger partial charge on any atom is 0.241 e. The Morgan fingerprint density at radius 1 is 1.17 bits per heavy atom. The zero-order chi connectivity index (χ0) is 16.4. The van der Waals surface area contributed by atoms with E-state index in [-0.39, 0.29) is 11.9 Å². The van der Waals surface area contributed by atoms with Gasteiger partial charge >= 0.3 is 0 Å². The zero-order valence-electron chi connectivity index (χ0n) is 14.0. The van der Waals surface area contributed by atoms with Gasteiger partial charge in [0.2, 0.25) is 5.91 Å². The number of thiophene rings is 1. The molecule has 1 atom stereocenters. The number of nitrogens with zero attached hydrogens (tertiary/aromatic N) is 1. The standard InChI is InChI=1S/C19H24N2OS/c1-13(2)15-4-6-17(7-5-15)20-19(22)14(3)21-10-8-18-16(12-21)9-11-23-18/h4-7,9,11,13-14H,8,10,12H2,1-3H3,(H,20,22). The molecule has 1 aliphatic rings. The van der Waals surface area contributed by atoms with E-state index in [9.17, 15) is 4.79 Å². The van der Waals surface area contributed by atoms with Crippen LogP contribution >= 0.6 is 11.3 Å². The predicted octanol–water partition coefficient (Wildman–Crippen LogP) is 4.26. The maximum absolute atomic E-state index is 12.5. The smallest absolute Gasteiger partial charge is 0.241 e. The Bertz CT molecular complexity index is 675. The summed E-state index contributed by atoms with van der Waals surface area (Å²) in [6.45, 7) is 8.17. The molecule has 1 aliphatic heterocycles. The molecule has 0 saturated heterocycles. The summed E-state index contributed by atoms with van der Waals surface area (Å²) in [6, 6.07) is 10.2. The van der Waals surface area contributed by atoms with Gasteiger partial charge < -0.3 is 5.32 Å². The number of benzene rings is 1. The fourth-order valence-corrected chi connectivity index (χ4v) is 3.85. The molecule has 0 radical (unpaired) electrons. The average Bonchev–Trinajstić information content (AvgIpc) is 3.02. The number of hydrogen-bond acceptors (Lipinski definition) is 3. The molecular formula is C19H24N2OS. The number of carbonyl (C=O) groups is 1. The summed E-state index contributed by atoms with van der Waals surface area (Å²) in [5, 5.41) is 5.19. The zero-order valence-corrected chi connectivity index (χ0v) is 14.8. The lowest BCUT2D eigenvalue weighted by atomic mass is 10.0. The number of nitrogens with one attached hydrogen (secondary N) is 1. The molecule has 4 heteroatoms. The summed E-state index contributed by atoms with van der Waals surface area (Å²) in [4.78, 5) is 16.3. The fourth-order valence-electron chi connectivity index (χ4n) is 2.96. The highest BCUT2D eigenvalue weighted by molar-refractivity contribution is 7.10. The minimum atomic E-state index is -0.118. The molecule has 122 valence electrons. The van der Waals surface area contributed by atoms with Gasteiger partial charge in [-0.3, -0.25) is 9.69 Å². The van der Waals surface area contributed by atoms with Crippen molar-refractivity contribution in [2.75, 3.05) is 11.9 Å². The summed E-state index contributed by atoms with van der Waals surface area (Å²) in [6.07, 6.45) is 1.05. The predicted molar refractivity (Wildman–Crippen MR) is 97.1 cm³/mol. The van der Waals surface area contributed by atoms with E-state index in [4.69, 9.17) is 0 Å². The number of anilines is 1. The third-order valence-corrected chi connectivity index (χ3v) is 5.63. The summed E-state index contributed by atoms with van der Waals surface area (Å²) in [5.74, 6) is 0.577. The highest BCUT2D eigenvalue weighted by atomic mass is 32.1. The molecule has 23 heavy (non-hydrogen) atoms. The van der Waals surface area contributed by atoms with Gasteiger partial charge in [0, 0.05) is 23.7 Å². The second-order valence-electron chi connectivity index (χ2n) is 6.53. The van der Waals surface area contributed by atoms with E-state index in [1.165, 1.54) is 16.0 Å². The molecule has 0 fully saturated rings. The summed E-state index contributed by atoms with van der Waals surface area (Å²) in [5.41, 5.74) is 3.54. The van der Waals surface area contributed by atoms with Crippen molar-refractivity contribution >= 4 is 22.9 Å². The van der Waals surface area contributed by atoms with Crippen LogP contribution in [0.3, 0.4) is 0 Å². The second-order valence-corrected chi connectivity index (χ2v) is 7.53. The van der Waals surface area contributed by atoms with E-state index < -0.39 is 0 Å². The van der Waals surface area contributed by atoms with Gasteiger partial charge in [0.15, 0.2) is 0 Å². The average molecular weight is 328 g/mol. The van der Waals surface area contributed by atoms with Crippen LogP contribution < -0.4 is 5.32 Å². The van der Waals surface area contributed by atoms with Crippen molar-refractivity contribution in [3.63, 3.8) is 0 Å². The van der Waals surface area contributed by atoms with Gasteiger partial charge in [-0.2, -0.15) is 0 Å². The van der Waals surface area contributed by atoms with E-state index in [1.54, 1.807) is 0 Å². The number of hydrogen-bond donors (Lipinski definition) is 1. The molecule has 0 aliphatic carbocycles. The number of amides is 1. The van der Waals surface area contributed by atoms with Crippen molar-refractivity contribution < 1.29 is 4.79 Å². The fraction of sp³-hybridized carbons (Fsp3) is 0.421. The molecular weight excluding hydrogens is 304 g/mol. The highest BCUT2D eigenvalue weighted by Crippen LogP contribution is 2.25. The Hall–Kier alpha value is -1.65. The monoisotopic (exact) mass is 328 g/mol. The quantitative estimate of drug-likeness (QED) is 0.909. The van der Waals surface area contributed by atoms with E-state index in [1.807, 2.05) is 30.4 Å². The number of carbonyl (C=O) groups excluding carboxylic acids is 1. The van der Waals surface area contributed by atoms with Gasteiger partial charge in [-0.15, -0.1) is 11.3 Å². The van der Waals surface area contributed by atoms with Crippen molar-refractivity contribution in [1.29, 1.82) is 0 Å². The van der Waals surface area contributed by atoms with Crippen LogP contribution in [0.5, 0.6) is 0 Å². The van der Waals surface area contributed by atoms with E-state index in [2.05, 4.69) is 47.6 Å². The minimum Gasteiger partial charge on any atom is -0.325 e. The normalized spacial score (nSPS) is 16.2. The van der Waals surface area contributed by atoms with Gasteiger partial charge in [0.1, 0.15) is 0 Å². The molecule has 2 heterocycles. The molecule has 0 saturated carbocycles. The lowest BCUT2D eigenvalue weighted by Gasteiger charge is -2.31. The first-order valence-electron chi connectivity index (χ1n) is 8.24. The van der Waals surface area contributed by atoms with Crippen molar-refractivity contribution in [1.82, 2.24) is 4.90 Å². The molecule has 1 N–H and O–H groups in total. The van der Waals surface area contributed by atoms with Crippen LogP contribution in [-0.4, -0.2) is 23.4 Å². The first-order chi connectivity index (χ1) is 11.0. The molecule has 1 aromatic carbocycles.